The fourth-order valence-corrected chi connectivity index (χ4v) is 2.38. The zero-order valence-corrected chi connectivity index (χ0v) is 12.0. The van der Waals surface area contributed by atoms with Crippen molar-refractivity contribution in [1.29, 1.82) is 0 Å². The molecule has 104 valence electrons. The van der Waals surface area contributed by atoms with Crippen LogP contribution >= 0.6 is 0 Å². The van der Waals surface area contributed by atoms with E-state index in [-0.39, 0.29) is 12.1 Å². The molecule has 1 rings (SSSR count). The highest BCUT2D eigenvalue weighted by molar-refractivity contribution is 5.89. The van der Waals surface area contributed by atoms with Gasteiger partial charge in [-0.1, -0.05) is 52.0 Å². The van der Waals surface area contributed by atoms with E-state index in [0.717, 1.165) is 31.3 Å². The van der Waals surface area contributed by atoms with Gasteiger partial charge in [0.1, 0.15) is 6.10 Å². The Morgan fingerprint density at radius 3 is 2.50 bits per heavy atom. The van der Waals surface area contributed by atoms with Crippen LogP contribution in [0.15, 0.2) is 11.6 Å². The third kappa shape index (κ3) is 5.70. The number of carbonyl (C=O) groups excluding carboxylic acids is 1. The zero-order valence-electron chi connectivity index (χ0n) is 12.0. The highest BCUT2D eigenvalue weighted by Gasteiger charge is 2.21. The minimum absolute atomic E-state index is 0.0563. The van der Waals surface area contributed by atoms with Crippen molar-refractivity contribution in [2.75, 3.05) is 0 Å². The molecule has 0 spiro atoms. The van der Waals surface area contributed by atoms with Gasteiger partial charge in [0.2, 0.25) is 0 Å². The molecule has 2 nitrogen and oxygen atoms in total. The molecular formula is C16H28O2. The molecule has 0 aromatic heterocycles. The van der Waals surface area contributed by atoms with Crippen LogP contribution in [0, 0.1) is 0 Å². The summed E-state index contributed by atoms with van der Waals surface area (Å²) in [6, 6.07) is 0. The van der Waals surface area contributed by atoms with E-state index in [1.54, 1.807) is 0 Å². The van der Waals surface area contributed by atoms with Gasteiger partial charge >= 0.3 is 5.97 Å². The van der Waals surface area contributed by atoms with Crippen LogP contribution < -0.4 is 0 Å². The standard InChI is InChI=1S/C16H28O2/c1-3-5-7-9-10-14-12-13-15(18-16(14)17)11-8-6-4-2/h12,15H,3-11,13H2,1-2H3. The number of cyclic esters (lactones) is 1. The molecule has 0 saturated heterocycles. The van der Waals surface area contributed by atoms with Crippen LogP contribution in [-0.4, -0.2) is 12.1 Å². The Labute approximate surface area is 112 Å². The summed E-state index contributed by atoms with van der Waals surface area (Å²) in [4.78, 5) is 11.8. The van der Waals surface area contributed by atoms with Crippen LogP contribution in [0.2, 0.25) is 0 Å². The van der Waals surface area contributed by atoms with E-state index in [1.807, 2.05) is 0 Å². The van der Waals surface area contributed by atoms with E-state index < -0.39 is 0 Å². The number of hydrogen-bond acceptors (Lipinski definition) is 2. The maximum atomic E-state index is 11.8. The summed E-state index contributed by atoms with van der Waals surface area (Å²) in [6.07, 6.45) is 13.6. The Kier molecular flexibility index (Phi) is 7.79. The number of rotatable bonds is 9. The van der Waals surface area contributed by atoms with Crippen LogP contribution in [0.5, 0.6) is 0 Å². The van der Waals surface area contributed by atoms with Crippen molar-refractivity contribution in [3.63, 3.8) is 0 Å². The Morgan fingerprint density at radius 1 is 1.11 bits per heavy atom. The van der Waals surface area contributed by atoms with Gasteiger partial charge in [-0.3, -0.25) is 0 Å². The molecule has 1 atom stereocenters. The van der Waals surface area contributed by atoms with Crippen molar-refractivity contribution < 1.29 is 9.53 Å². The first-order chi connectivity index (χ1) is 8.77. The minimum Gasteiger partial charge on any atom is -0.459 e. The van der Waals surface area contributed by atoms with Crippen LogP contribution in [0.1, 0.15) is 78.1 Å². The number of unbranched alkanes of at least 4 members (excludes halogenated alkanes) is 5. The predicted octanol–water partition coefficient (Wildman–Crippen LogP) is 4.78. The summed E-state index contributed by atoms with van der Waals surface area (Å²) >= 11 is 0. The van der Waals surface area contributed by atoms with Crippen molar-refractivity contribution in [2.45, 2.75) is 84.2 Å². The lowest BCUT2D eigenvalue weighted by Gasteiger charge is -2.22. The highest BCUT2D eigenvalue weighted by Crippen LogP contribution is 2.22. The van der Waals surface area contributed by atoms with E-state index in [1.165, 1.54) is 38.5 Å². The summed E-state index contributed by atoms with van der Waals surface area (Å²) in [6.45, 7) is 4.40. The van der Waals surface area contributed by atoms with Crippen molar-refractivity contribution in [2.24, 2.45) is 0 Å². The van der Waals surface area contributed by atoms with Crippen LogP contribution in [-0.2, 0) is 9.53 Å². The molecule has 0 fully saturated rings. The molecule has 0 aromatic rings. The molecule has 0 N–H and O–H groups in total. The second-order valence-corrected chi connectivity index (χ2v) is 5.30. The Bertz CT molecular complexity index is 268. The monoisotopic (exact) mass is 252 g/mol. The van der Waals surface area contributed by atoms with Crippen LogP contribution in [0.4, 0.5) is 0 Å². The van der Waals surface area contributed by atoms with Gasteiger partial charge in [0.15, 0.2) is 0 Å². The van der Waals surface area contributed by atoms with Crippen molar-refractivity contribution in [3.05, 3.63) is 11.6 Å². The van der Waals surface area contributed by atoms with Gasteiger partial charge in [0.25, 0.3) is 0 Å². The smallest absolute Gasteiger partial charge is 0.333 e. The van der Waals surface area contributed by atoms with Gasteiger partial charge in [-0.25, -0.2) is 4.79 Å². The molecule has 2 heteroatoms. The van der Waals surface area contributed by atoms with E-state index in [0.29, 0.717) is 0 Å². The van der Waals surface area contributed by atoms with E-state index in [4.69, 9.17) is 4.74 Å². The molecule has 0 amide bonds. The third-order valence-corrected chi connectivity index (χ3v) is 3.59. The zero-order chi connectivity index (χ0) is 13.2. The van der Waals surface area contributed by atoms with Gasteiger partial charge in [-0.05, 0) is 25.7 Å². The molecule has 1 aliphatic rings. The molecular weight excluding hydrogens is 224 g/mol. The molecule has 1 heterocycles. The molecule has 0 saturated carbocycles. The SMILES string of the molecule is CCCCCCC1=CCC(CCCCC)OC1=O. The molecule has 0 bridgehead atoms. The second kappa shape index (κ2) is 9.18. The first-order valence-corrected chi connectivity index (χ1v) is 7.68. The van der Waals surface area contributed by atoms with Gasteiger partial charge in [0, 0.05) is 12.0 Å². The van der Waals surface area contributed by atoms with Gasteiger partial charge in [0.05, 0.1) is 0 Å². The van der Waals surface area contributed by atoms with Crippen molar-refractivity contribution in [3.8, 4) is 0 Å². The van der Waals surface area contributed by atoms with Crippen LogP contribution in [0.25, 0.3) is 0 Å². The fraction of sp³-hybridized carbons (Fsp3) is 0.812. The third-order valence-electron chi connectivity index (χ3n) is 3.59. The lowest BCUT2D eigenvalue weighted by atomic mass is 10.00. The summed E-state index contributed by atoms with van der Waals surface area (Å²) in [5.41, 5.74) is 0.915. The van der Waals surface area contributed by atoms with Crippen molar-refractivity contribution in [1.82, 2.24) is 0 Å². The maximum Gasteiger partial charge on any atom is 0.333 e. The molecule has 18 heavy (non-hydrogen) atoms. The largest absolute Gasteiger partial charge is 0.459 e. The molecule has 1 aliphatic heterocycles. The summed E-state index contributed by atoms with van der Waals surface area (Å²) in [5, 5.41) is 0. The fourth-order valence-electron chi connectivity index (χ4n) is 2.38. The topological polar surface area (TPSA) is 26.3 Å². The average Bonchev–Trinajstić information content (AvgIpc) is 2.37. The highest BCUT2D eigenvalue weighted by atomic mass is 16.5. The minimum atomic E-state index is -0.0563. The lowest BCUT2D eigenvalue weighted by molar-refractivity contribution is -0.146. The number of esters is 1. The quantitative estimate of drug-likeness (QED) is 0.436. The Balaban J connectivity index is 2.24. The molecule has 0 aliphatic carbocycles. The predicted molar refractivity (Wildman–Crippen MR) is 75.5 cm³/mol. The Hall–Kier alpha value is -0.790. The first kappa shape index (κ1) is 15.3. The maximum absolute atomic E-state index is 11.8. The van der Waals surface area contributed by atoms with Gasteiger partial charge in [-0.2, -0.15) is 0 Å². The molecule has 0 aromatic carbocycles. The second-order valence-electron chi connectivity index (χ2n) is 5.30. The summed E-state index contributed by atoms with van der Waals surface area (Å²) in [5.74, 6) is -0.0563. The number of carbonyl (C=O) groups is 1. The Morgan fingerprint density at radius 2 is 1.83 bits per heavy atom. The van der Waals surface area contributed by atoms with Gasteiger partial charge < -0.3 is 4.74 Å². The van der Waals surface area contributed by atoms with E-state index in [9.17, 15) is 4.79 Å². The summed E-state index contributed by atoms with van der Waals surface area (Å²) in [7, 11) is 0. The van der Waals surface area contributed by atoms with E-state index in [2.05, 4.69) is 19.9 Å². The van der Waals surface area contributed by atoms with Gasteiger partial charge in [-0.15, -0.1) is 0 Å². The number of hydrogen-bond donors (Lipinski definition) is 0. The first-order valence-electron chi connectivity index (χ1n) is 7.68. The molecule has 1 unspecified atom stereocenters. The normalized spacial score (nSPS) is 19.6. The van der Waals surface area contributed by atoms with Crippen LogP contribution in [0.3, 0.4) is 0 Å². The number of ether oxygens (including phenoxy) is 1. The van der Waals surface area contributed by atoms with Crippen molar-refractivity contribution >= 4 is 5.97 Å². The lowest BCUT2D eigenvalue weighted by Crippen LogP contribution is -2.23. The average molecular weight is 252 g/mol. The van der Waals surface area contributed by atoms with E-state index >= 15 is 0 Å². The molecule has 0 radical (unpaired) electrons. The summed E-state index contributed by atoms with van der Waals surface area (Å²) < 4.78 is 5.50.